The van der Waals surface area contributed by atoms with Crippen LogP contribution < -0.4 is 15.9 Å². The van der Waals surface area contributed by atoms with Gasteiger partial charge in [-0.1, -0.05) is 6.42 Å². The molecule has 0 bridgehead atoms. The van der Waals surface area contributed by atoms with Crippen molar-refractivity contribution in [3.8, 4) is 0 Å². The number of aromatic nitrogens is 3. The molecule has 0 aliphatic carbocycles. The standard InChI is InChI=1S/C20H19F4N7O3S/c21-13-9-12(35(25,33)34)5-6-14(13)27-19-26-10-11-8-15-17(20(22,23)24)30-29-16(32)4-2-1-3-7-31(15)18(11)28-19/h5-6,8-10H,1-4,7H2,(H,29,32)(H2,25,33,34)(H,26,27,28)/b30-17+. The predicted octanol–water partition coefficient (Wildman–Crippen LogP) is 2.92. The lowest BCUT2D eigenvalue weighted by Crippen LogP contribution is -2.30. The van der Waals surface area contributed by atoms with Crippen molar-refractivity contribution < 1.29 is 30.8 Å². The summed E-state index contributed by atoms with van der Waals surface area (Å²) in [5.41, 5.74) is 0.348. The summed E-state index contributed by atoms with van der Waals surface area (Å²) < 4.78 is 80.0. The second kappa shape index (κ2) is 9.22. The molecule has 15 heteroatoms. The van der Waals surface area contributed by atoms with Crippen molar-refractivity contribution in [2.45, 2.75) is 43.3 Å². The van der Waals surface area contributed by atoms with Gasteiger partial charge in [-0.25, -0.2) is 28.4 Å². The van der Waals surface area contributed by atoms with E-state index in [1.165, 1.54) is 16.8 Å². The molecule has 0 saturated carbocycles. The van der Waals surface area contributed by atoms with Crippen LogP contribution in [-0.2, 0) is 21.4 Å². The van der Waals surface area contributed by atoms with Crippen molar-refractivity contribution >= 4 is 44.3 Å². The highest BCUT2D eigenvalue weighted by Crippen LogP contribution is 2.29. The average molecular weight is 513 g/mol. The zero-order valence-corrected chi connectivity index (χ0v) is 18.7. The largest absolute Gasteiger partial charge is 0.437 e. The van der Waals surface area contributed by atoms with E-state index in [2.05, 4.69) is 20.4 Å². The number of carbonyl (C=O) groups excluding carboxylic acids is 1. The number of hydrogen-bond acceptors (Lipinski definition) is 7. The minimum atomic E-state index is -4.86. The van der Waals surface area contributed by atoms with E-state index in [0.717, 1.165) is 18.2 Å². The number of nitrogens with one attached hydrogen (secondary N) is 2. The molecule has 1 aliphatic rings. The molecule has 0 fully saturated rings. The van der Waals surface area contributed by atoms with E-state index in [1.54, 1.807) is 0 Å². The molecule has 1 aromatic carbocycles. The van der Waals surface area contributed by atoms with Crippen LogP contribution in [0.3, 0.4) is 0 Å². The monoisotopic (exact) mass is 513 g/mol. The number of aryl methyl sites for hydroxylation is 1. The zero-order chi connectivity index (χ0) is 25.4. The maximum Gasteiger partial charge on any atom is 0.437 e. The van der Waals surface area contributed by atoms with Crippen LogP contribution in [0.15, 0.2) is 40.5 Å². The van der Waals surface area contributed by atoms with Gasteiger partial charge in [-0.15, -0.1) is 0 Å². The molecule has 3 aromatic rings. The molecule has 186 valence electrons. The number of fused-ring (bicyclic) bond motifs is 3. The number of hydrogen-bond donors (Lipinski definition) is 3. The lowest BCUT2D eigenvalue weighted by atomic mass is 10.2. The Labute approximate surface area is 196 Å². The summed E-state index contributed by atoms with van der Waals surface area (Å²) >= 11 is 0. The van der Waals surface area contributed by atoms with Crippen molar-refractivity contribution in [1.29, 1.82) is 0 Å². The minimum absolute atomic E-state index is 0.0519. The Morgan fingerprint density at radius 3 is 2.60 bits per heavy atom. The number of alkyl halides is 3. The Morgan fingerprint density at radius 2 is 1.91 bits per heavy atom. The maximum absolute atomic E-state index is 14.4. The second-order valence-corrected chi connectivity index (χ2v) is 9.33. The Morgan fingerprint density at radius 1 is 1.14 bits per heavy atom. The highest BCUT2D eigenvalue weighted by molar-refractivity contribution is 7.89. The Balaban J connectivity index is 1.77. The first-order chi connectivity index (χ1) is 16.4. The Bertz CT molecular complexity index is 1430. The lowest BCUT2D eigenvalue weighted by Gasteiger charge is -2.14. The van der Waals surface area contributed by atoms with Crippen LogP contribution in [0.2, 0.25) is 0 Å². The van der Waals surface area contributed by atoms with Gasteiger partial charge in [-0.05, 0) is 37.1 Å². The first-order valence-corrected chi connectivity index (χ1v) is 11.9. The van der Waals surface area contributed by atoms with Gasteiger partial charge in [-0.3, -0.25) is 4.79 Å². The van der Waals surface area contributed by atoms with Gasteiger partial charge < -0.3 is 9.88 Å². The van der Waals surface area contributed by atoms with Crippen LogP contribution in [0.1, 0.15) is 31.4 Å². The topological polar surface area (TPSA) is 144 Å². The third-order valence-electron chi connectivity index (χ3n) is 5.24. The number of anilines is 2. The number of amides is 1. The van der Waals surface area contributed by atoms with Crippen molar-refractivity contribution in [1.82, 2.24) is 20.0 Å². The van der Waals surface area contributed by atoms with Gasteiger partial charge >= 0.3 is 6.18 Å². The van der Waals surface area contributed by atoms with Crippen LogP contribution >= 0.6 is 0 Å². The normalized spacial score (nSPS) is 17.2. The number of sulfonamides is 1. The van der Waals surface area contributed by atoms with Gasteiger partial charge in [-0.2, -0.15) is 23.3 Å². The van der Waals surface area contributed by atoms with Gasteiger partial charge in [0.25, 0.3) is 0 Å². The summed E-state index contributed by atoms with van der Waals surface area (Å²) in [6.45, 7) is 0.163. The number of hydrazone groups is 1. The van der Waals surface area contributed by atoms with Crippen LogP contribution in [0, 0.1) is 5.82 Å². The third kappa shape index (κ3) is 5.40. The fraction of sp³-hybridized carbons (Fsp3) is 0.300. The zero-order valence-electron chi connectivity index (χ0n) is 17.9. The maximum atomic E-state index is 14.4. The molecule has 0 saturated heterocycles. The fourth-order valence-corrected chi connectivity index (χ4v) is 4.11. The molecule has 4 rings (SSSR count). The number of halogens is 4. The molecule has 0 atom stereocenters. The number of carbonyl (C=O) groups is 1. The molecule has 0 spiro atoms. The number of nitrogens with two attached hydrogens (primary N) is 1. The molecule has 1 amide bonds. The average Bonchev–Trinajstić information content (AvgIpc) is 3.09. The van der Waals surface area contributed by atoms with E-state index in [0.29, 0.717) is 19.3 Å². The van der Waals surface area contributed by atoms with E-state index in [4.69, 9.17) is 5.14 Å². The van der Waals surface area contributed by atoms with Crippen molar-refractivity contribution in [3.05, 3.63) is 42.0 Å². The summed E-state index contributed by atoms with van der Waals surface area (Å²) in [5.74, 6) is -1.69. The summed E-state index contributed by atoms with van der Waals surface area (Å²) in [7, 11) is -4.11. The lowest BCUT2D eigenvalue weighted by molar-refractivity contribution is -0.121. The van der Waals surface area contributed by atoms with Gasteiger partial charge in [0.05, 0.1) is 16.3 Å². The van der Waals surface area contributed by atoms with E-state index >= 15 is 0 Å². The fourth-order valence-electron chi connectivity index (χ4n) is 3.59. The number of rotatable bonds is 3. The number of benzene rings is 1. The summed E-state index contributed by atoms with van der Waals surface area (Å²) in [4.78, 5) is 19.6. The molecule has 4 N–H and O–H groups in total. The number of primary sulfonamides is 1. The second-order valence-electron chi connectivity index (χ2n) is 7.77. The van der Waals surface area contributed by atoms with E-state index in [9.17, 15) is 30.8 Å². The van der Waals surface area contributed by atoms with Crippen molar-refractivity contribution in [2.75, 3.05) is 5.32 Å². The van der Waals surface area contributed by atoms with E-state index in [-0.39, 0.29) is 41.3 Å². The van der Waals surface area contributed by atoms with Crippen molar-refractivity contribution in [3.63, 3.8) is 0 Å². The highest BCUT2D eigenvalue weighted by Gasteiger charge is 2.40. The quantitative estimate of drug-likeness (QED) is 0.460. The SMILES string of the molecule is NS(=O)(=O)c1ccc(Nc2ncc3cc4n(c3n2)CCCCCC(=O)N/N=C\4C(F)(F)F)c(F)c1. The Kier molecular flexibility index (Phi) is 6.46. The summed E-state index contributed by atoms with van der Waals surface area (Å²) in [6, 6.07) is 4.15. The summed E-state index contributed by atoms with van der Waals surface area (Å²) in [5, 5.41) is 11.2. The summed E-state index contributed by atoms with van der Waals surface area (Å²) in [6.07, 6.45) is -2.00. The van der Waals surface area contributed by atoms with Gasteiger partial charge in [0, 0.05) is 24.5 Å². The van der Waals surface area contributed by atoms with E-state index < -0.39 is 38.5 Å². The molecule has 0 unspecified atom stereocenters. The molecule has 10 nitrogen and oxygen atoms in total. The molecule has 35 heavy (non-hydrogen) atoms. The predicted molar refractivity (Wildman–Crippen MR) is 118 cm³/mol. The molecule has 0 radical (unpaired) electrons. The first-order valence-electron chi connectivity index (χ1n) is 10.3. The minimum Gasteiger partial charge on any atom is -0.324 e. The van der Waals surface area contributed by atoms with Gasteiger partial charge in [0.2, 0.25) is 21.9 Å². The van der Waals surface area contributed by atoms with Crippen LogP contribution in [-0.4, -0.2) is 40.7 Å². The smallest absolute Gasteiger partial charge is 0.324 e. The highest BCUT2D eigenvalue weighted by atomic mass is 32.2. The number of nitrogens with zero attached hydrogens (tertiary/aromatic N) is 4. The third-order valence-corrected chi connectivity index (χ3v) is 6.15. The van der Waals surface area contributed by atoms with Crippen molar-refractivity contribution in [2.24, 2.45) is 10.2 Å². The first kappa shape index (κ1) is 24.5. The van der Waals surface area contributed by atoms with Gasteiger partial charge in [0.15, 0.2) is 5.71 Å². The van der Waals surface area contributed by atoms with E-state index in [1.807, 2.05) is 5.43 Å². The van der Waals surface area contributed by atoms with Crippen LogP contribution in [0.4, 0.5) is 29.2 Å². The molecular formula is C20H19F4N7O3S. The Hall–Kier alpha value is -3.59. The molecular weight excluding hydrogens is 494 g/mol. The van der Waals surface area contributed by atoms with Gasteiger partial charge in [0.1, 0.15) is 11.5 Å². The molecule has 1 aliphatic heterocycles. The molecule has 2 aromatic heterocycles. The molecule has 3 heterocycles. The van der Waals surface area contributed by atoms with Crippen LogP contribution in [0.5, 0.6) is 0 Å². The van der Waals surface area contributed by atoms with Crippen LogP contribution in [0.25, 0.3) is 11.0 Å².